The van der Waals surface area contributed by atoms with Gasteiger partial charge >= 0.3 is 0 Å². The van der Waals surface area contributed by atoms with E-state index in [4.69, 9.17) is 4.74 Å². The van der Waals surface area contributed by atoms with Crippen molar-refractivity contribution in [3.05, 3.63) is 29.6 Å². The van der Waals surface area contributed by atoms with Crippen molar-refractivity contribution in [1.29, 1.82) is 0 Å². The fourth-order valence-electron chi connectivity index (χ4n) is 2.50. The Hall–Kier alpha value is -1.09. The smallest absolute Gasteiger partial charge is 0.165 e. The van der Waals surface area contributed by atoms with E-state index in [1.165, 1.54) is 25.7 Å². The molecule has 0 radical (unpaired) electrons. The van der Waals surface area contributed by atoms with Crippen LogP contribution in [0.5, 0.6) is 5.75 Å². The third-order valence-electron chi connectivity index (χ3n) is 3.81. The van der Waals surface area contributed by atoms with Crippen LogP contribution < -0.4 is 10.1 Å². The number of benzene rings is 1. The lowest BCUT2D eigenvalue weighted by atomic mass is 10.0. The molecule has 0 amide bonds. The number of hydrogen-bond acceptors (Lipinski definition) is 2. The number of halogens is 1. The van der Waals surface area contributed by atoms with Crippen LogP contribution in [0.3, 0.4) is 0 Å². The summed E-state index contributed by atoms with van der Waals surface area (Å²) in [5.74, 6) is 0.850. The molecule has 2 nitrogen and oxygen atoms in total. The van der Waals surface area contributed by atoms with Crippen LogP contribution in [0.4, 0.5) is 4.39 Å². The molecule has 18 heavy (non-hydrogen) atoms. The summed E-state index contributed by atoms with van der Waals surface area (Å²) in [4.78, 5) is 0. The maximum Gasteiger partial charge on any atom is 0.165 e. The van der Waals surface area contributed by atoms with Crippen LogP contribution in [0.25, 0.3) is 0 Å². The Morgan fingerprint density at radius 2 is 2.17 bits per heavy atom. The first-order chi connectivity index (χ1) is 8.81. The summed E-state index contributed by atoms with van der Waals surface area (Å²) in [5, 5.41) is 3.43. The van der Waals surface area contributed by atoms with Crippen LogP contribution in [0, 0.1) is 11.7 Å². The zero-order valence-electron chi connectivity index (χ0n) is 10.6. The third kappa shape index (κ3) is 3.02. The lowest BCUT2D eigenvalue weighted by Gasteiger charge is -2.12. The van der Waals surface area contributed by atoms with Gasteiger partial charge in [-0.3, -0.25) is 0 Å². The highest BCUT2D eigenvalue weighted by molar-refractivity contribution is 5.30. The van der Waals surface area contributed by atoms with E-state index in [1.54, 1.807) is 12.1 Å². The van der Waals surface area contributed by atoms with Crippen LogP contribution in [0.2, 0.25) is 0 Å². The maximum atomic E-state index is 13.8. The van der Waals surface area contributed by atoms with Crippen molar-refractivity contribution >= 4 is 0 Å². The third-order valence-corrected chi connectivity index (χ3v) is 3.81. The quantitative estimate of drug-likeness (QED) is 0.866. The number of nitrogens with one attached hydrogen (secondary N) is 1. The van der Waals surface area contributed by atoms with E-state index < -0.39 is 0 Å². The molecule has 2 fully saturated rings. The summed E-state index contributed by atoms with van der Waals surface area (Å²) in [6.45, 7) is 1.76. The Bertz CT molecular complexity index is 411. The Morgan fingerprint density at radius 3 is 2.83 bits per heavy atom. The average Bonchev–Trinajstić information content (AvgIpc) is 3.05. The van der Waals surface area contributed by atoms with Crippen molar-refractivity contribution in [2.24, 2.45) is 5.92 Å². The summed E-state index contributed by atoms with van der Waals surface area (Å²) in [6.07, 6.45) is 5.80. The summed E-state index contributed by atoms with van der Waals surface area (Å²) in [5.41, 5.74) is 1.06. The van der Waals surface area contributed by atoms with E-state index in [1.807, 2.05) is 6.07 Å². The Morgan fingerprint density at radius 1 is 1.28 bits per heavy atom. The van der Waals surface area contributed by atoms with Crippen LogP contribution in [-0.2, 0) is 6.42 Å². The van der Waals surface area contributed by atoms with Crippen LogP contribution in [-0.4, -0.2) is 19.2 Å². The first kappa shape index (κ1) is 12.0. The fourth-order valence-corrected chi connectivity index (χ4v) is 2.50. The minimum atomic E-state index is -0.217. The van der Waals surface area contributed by atoms with Gasteiger partial charge in [0.2, 0.25) is 0 Å². The molecule has 1 saturated carbocycles. The van der Waals surface area contributed by atoms with Gasteiger partial charge in [-0.25, -0.2) is 4.39 Å². The van der Waals surface area contributed by atoms with Gasteiger partial charge in [0, 0.05) is 6.04 Å². The molecular weight excluding hydrogens is 229 g/mol. The highest BCUT2D eigenvalue weighted by atomic mass is 19.1. The van der Waals surface area contributed by atoms with Gasteiger partial charge in [0.15, 0.2) is 11.6 Å². The second kappa shape index (κ2) is 5.27. The summed E-state index contributed by atoms with van der Waals surface area (Å²) >= 11 is 0. The molecule has 3 rings (SSSR count). The van der Waals surface area contributed by atoms with Crippen LogP contribution in [0.15, 0.2) is 18.2 Å². The molecule has 1 aliphatic carbocycles. The topological polar surface area (TPSA) is 21.3 Å². The van der Waals surface area contributed by atoms with Crippen molar-refractivity contribution in [1.82, 2.24) is 5.32 Å². The Balaban J connectivity index is 1.59. The SMILES string of the molecule is Fc1cc(CC2CCCN2)ccc1OCC1CC1. The predicted octanol–water partition coefficient (Wildman–Crippen LogP) is 2.91. The molecule has 0 aromatic heterocycles. The van der Waals surface area contributed by atoms with Gasteiger partial charge in [-0.15, -0.1) is 0 Å². The zero-order chi connectivity index (χ0) is 12.4. The second-order valence-corrected chi connectivity index (χ2v) is 5.52. The Kier molecular flexibility index (Phi) is 3.50. The largest absolute Gasteiger partial charge is 0.490 e. The van der Waals surface area contributed by atoms with E-state index in [-0.39, 0.29) is 5.82 Å². The summed E-state index contributed by atoms with van der Waals surface area (Å²) < 4.78 is 19.3. The van der Waals surface area contributed by atoms with Gasteiger partial charge in [-0.05, 0) is 62.3 Å². The monoisotopic (exact) mass is 249 g/mol. The first-order valence-electron chi connectivity index (χ1n) is 6.96. The highest BCUT2D eigenvalue weighted by Crippen LogP contribution is 2.30. The molecule has 0 bridgehead atoms. The molecule has 1 unspecified atom stereocenters. The molecule has 1 aromatic rings. The molecule has 1 aromatic carbocycles. The Labute approximate surface area is 108 Å². The minimum Gasteiger partial charge on any atom is -0.490 e. The van der Waals surface area contributed by atoms with Crippen molar-refractivity contribution in [2.75, 3.05) is 13.2 Å². The van der Waals surface area contributed by atoms with Gasteiger partial charge in [0.1, 0.15) is 0 Å². The fraction of sp³-hybridized carbons (Fsp3) is 0.600. The molecular formula is C15H20FNO. The van der Waals surface area contributed by atoms with E-state index in [0.717, 1.165) is 18.5 Å². The number of rotatable bonds is 5. The van der Waals surface area contributed by atoms with E-state index in [2.05, 4.69) is 5.32 Å². The van der Waals surface area contributed by atoms with E-state index >= 15 is 0 Å². The van der Waals surface area contributed by atoms with Gasteiger partial charge in [0.05, 0.1) is 6.61 Å². The minimum absolute atomic E-state index is 0.217. The van der Waals surface area contributed by atoms with Crippen molar-refractivity contribution in [3.63, 3.8) is 0 Å². The lowest BCUT2D eigenvalue weighted by Crippen LogP contribution is -2.23. The first-order valence-corrected chi connectivity index (χ1v) is 6.96. The standard InChI is InChI=1S/C15H20FNO/c16-14-9-12(8-13-2-1-7-17-13)5-6-15(14)18-10-11-3-4-11/h5-6,9,11,13,17H,1-4,7-8,10H2. The van der Waals surface area contributed by atoms with Gasteiger partial charge in [-0.1, -0.05) is 6.07 Å². The molecule has 0 spiro atoms. The van der Waals surface area contributed by atoms with E-state index in [9.17, 15) is 4.39 Å². The number of ether oxygens (including phenoxy) is 1. The maximum absolute atomic E-state index is 13.8. The molecule has 1 N–H and O–H groups in total. The predicted molar refractivity (Wildman–Crippen MR) is 69.3 cm³/mol. The van der Waals surface area contributed by atoms with Gasteiger partial charge in [-0.2, -0.15) is 0 Å². The van der Waals surface area contributed by atoms with Crippen molar-refractivity contribution in [2.45, 2.75) is 38.1 Å². The second-order valence-electron chi connectivity index (χ2n) is 5.52. The highest BCUT2D eigenvalue weighted by Gasteiger charge is 2.22. The molecule has 1 atom stereocenters. The normalized spacial score (nSPS) is 23.3. The van der Waals surface area contributed by atoms with Crippen molar-refractivity contribution < 1.29 is 9.13 Å². The molecule has 1 heterocycles. The van der Waals surface area contributed by atoms with Crippen LogP contribution >= 0.6 is 0 Å². The lowest BCUT2D eigenvalue weighted by molar-refractivity contribution is 0.285. The van der Waals surface area contributed by atoms with Gasteiger partial charge < -0.3 is 10.1 Å². The molecule has 98 valence electrons. The molecule has 1 saturated heterocycles. The summed E-state index contributed by atoms with van der Waals surface area (Å²) in [7, 11) is 0. The zero-order valence-corrected chi connectivity index (χ0v) is 10.6. The van der Waals surface area contributed by atoms with Crippen LogP contribution in [0.1, 0.15) is 31.2 Å². The molecule has 2 aliphatic rings. The average molecular weight is 249 g/mol. The molecule has 1 aliphatic heterocycles. The van der Waals surface area contributed by atoms with Gasteiger partial charge in [0.25, 0.3) is 0 Å². The molecule has 3 heteroatoms. The van der Waals surface area contributed by atoms with Crippen molar-refractivity contribution in [3.8, 4) is 5.75 Å². The number of hydrogen-bond donors (Lipinski definition) is 1. The van der Waals surface area contributed by atoms with E-state index in [0.29, 0.717) is 24.3 Å². The summed E-state index contributed by atoms with van der Waals surface area (Å²) in [6, 6.07) is 5.91.